The van der Waals surface area contributed by atoms with Crippen LogP contribution in [0.2, 0.25) is 0 Å². The molecule has 4 aromatic rings. The van der Waals surface area contributed by atoms with Gasteiger partial charge in [0.15, 0.2) is 16.3 Å². The maximum Gasteiger partial charge on any atom is 0.332 e. The Morgan fingerprint density at radius 1 is 1.00 bits per heavy atom. The largest absolute Gasteiger partial charge is 0.332 e. The Morgan fingerprint density at radius 2 is 1.73 bits per heavy atom. The number of benzene rings is 2. The molecular formula is C22H21FN4O2S. The third-order valence-corrected chi connectivity index (χ3v) is 6.08. The van der Waals surface area contributed by atoms with Crippen LogP contribution in [0.15, 0.2) is 63.3 Å². The molecule has 154 valence electrons. The molecule has 0 atom stereocenters. The number of thioether (sulfide) groups is 1. The maximum atomic E-state index is 13.5. The van der Waals surface area contributed by atoms with Gasteiger partial charge in [-0.1, -0.05) is 53.7 Å². The number of aromatic nitrogens is 4. The first-order chi connectivity index (χ1) is 14.3. The van der Waals surface area contributed by atoms with Gasteiger partial charge in [-0.2, -0.15) is 0 Å². The van der Waals surface area contributed by atoms with Crippen LogP contribution in [0.5, 0.6) is 0 Å². The van der Waals surface area contributed by atoms with E-state index in [0.717, 1.165) is 21.3 Å². The minimum atomic E-state index is -0.422. The van der Waals surface area contributed by atoms with Crippen LogP contribution in [0.1, 0.15) is 16.7 Å². The van der Waals surface area contributed by atoms with Gasteiger partial charge in [0.2, 0.25) is 0 Å². The highest BCUT2D eigenvalue weighted by atomic mass is 32.2. The summed E-state index contributed by atoms with van der Waals surface area (Å²) in [5, 5.41) is 0.605. The van der Waals surface area contributed by atoms with Crippen LogP contribution < -0.4 is 11.2 Å². The van der Waals surface area contributed by atoms with E-state index in [9.17, 15) is 14.0 Å². The Labute approximate surface area is 176 Å². The summed E-state index contributed by atoms with van der Waals surface area (Å²) >= 11 is 1.41. The van der Waals surface area contributed by atoms with Crippen molar-refractivity contribution in [2.75, 3.05) is 0 Å². The molecule has 0 saturated carbocycles. The van der Waals surface area contributed by atoms with Crippen molar-refractivity contribution in [1.82, 2.24) is 18.7 Å². The van der Waals surface area contributed by atoms with Gasteiger partial charge in [-0.05, 0) is 30.2 Å². The molecule has 2 aromatic heterocycles. The lowest BCUT2D eigenvalue weighted by Crippen LogP contribution is -2.37. The molecule has 0 unspecified atom stereocenters. The molecule has 0 N–H and O–H groups in total. The predicted octanol–water partition coefficient (Wildman–Crippen LogP) is 3.22. The van der Waals surface area contributed by atoms with E-state index in [1.165, 1.54) is 35.5 Å². The molecule has 0 saturated heterocycles. The average molecular weight is 425 g/mol. The minimum Gasteiger partial charge on any atom is -0.309 e. The highest BCUT2D eigenvalue weighted by molar-refractivity contribution is 7.98. The van der Waals surface area contributed by atoms with Crippen LogP contribution in [0.3, 0.4) is 0 Å². The molecule has 0 fully saturated rings. The second-order valence-electron chi connectivity index (χ2n) is 7.26. The average Bonchev–Trinajstić information content (AvgIpc) is 3.09. The number of halogens is 1. The molecule has 2 aromatic carbocycles. The molecule has 0 spiro atoms. The monoisotopic (exact) mass is 424 g/mol. The van der Waals surface area contributed by atoms with Crippen molar-refractivity contribution < 1.29 is 4.39 Å². The number of aryl methyl sites for hydroxylation is 2. The Morgan fingerprint density at radius 3 is 2.43 bits per heavy atom. The molecule has 8 heteroatoms. The molecule has 6 nitrogen and oxygen atoms in total. The van der Waals surface area contributed by atoms with Crippen LogP contribution in [0.4, 0.5) is 4.39 Å². The SMILES string of the molecule is Cc1ccc(Cn2c(SCc3cccc(F)c3)nc3c2c(=O)n(C)c(=O)n3C)cc1. The number of fused-ring (bicyclic) bond motifs is 1. The standard InChI is InChI=1S/C22H21FN4O2S/c1-14-7-9-15(10-8-14)12-27-18-19(25(2)22(29)26(3)20(18)28)24-21(27)30-13-16-5-4-6-17(23)11-16/h4-11H,12-13H2,1-3H3. The first-order valence-corrected chi connectivity index (χ1v) is 10.4. The molecule has 30 heavy (non-hydrogen) atoms. The van der Waals surface area contributed by atoms with Crippen molar-refractivity contribution in [1.29, 1.82) is 0 Å². The summed E-state index contributed by atoms with van der Waals surface area (Å²) in [6.07, 6.45) is 0. The van der Waals surface area contributed by atoms with Gasteiger partial charge >= 0.3 is 5.69 Å². The number of hydrogen-bond donors (Lipinski definition) is 0. The zero-order valence-electron chi connectivity index (χ0n) is 16.9. The molecule has 0 aliphatic heterocycles. The van der Waals surface area contributed by atoms with E-state index >= 15 is 0 Å². The van der Waals surface area contributed by atoms with Crippen LogP contribution in [0.25, 0.3) is 11.2 Å². The lowest BCUT2D eigenvalue weighted by Gasteiger charge is -2.10. The fraction of sp³-hybridized carbons (Fsp3) is 0.227. The summed E-state index contributed by atoms with van der Waals surface area (Å²) in [6.45, 7) is 2.46. The van der Waals surface area contributed by atoms with E-state index in [1.54, 1.807) is 13.1 Å². The van der Waals surface area contributed by atoms with E-state index in [0.29, 0.717) is 28.6 Å². The third-order valence-electron chi connectivity index (χ3n) is 5.03. The Hall–Kier alpha value is -3.13. The second-order valence-corrected chi connectivity index (χ2v) is 8.21. The van der Waals surface area contributed by atoms with Crippen LogP contribution in [-0.4, -0.2) is 18.7 Å². The van der Waals surface area contributed by atoms with E-state index in [2.05, 4.69) is 4.98 Å². The normalized spacial score (nSPS) is 11.3. The van der Waals surface area contributed by atoms with Gasteiger partial charge in [0.1, 0.15) is 5.82 Å². The number of rotatable bonds is 5. The summed E-state index contributed by atoms with van der Waals surface area (Å²) in [6, 6.07) is 14.4. The predicted molar refractivity (Wildman–Crippen MR) is 116 cm³/mol. The van der Waals surface area contributed by atoms with Crippen molar-refractivity contribution in [3.05, 3.63) is 91.9 Å². The Bertz CT molecular complexity index is 1350. The molecule has 4 rings (SSSR count). The molecule has 0 aliphatic carbocycles. The molecule has 0 aliphatic rings. The number of hydrogen-bond acceptors (Lipinski definition) is 4. The van der Waals surface area contributed by atoms with E-state index < -0.39 is 5.69 Å². The lowest BCUT2D eigenvalue weighted by molar-refractivity contribution is 0.626. The van der Waals surface area contributed by atoms with Crippen LogP contribution in [-0.2, 0) is 26.4 Å². The minimum absolute atomic E-state index is 0.294. The smallest absolute Gasteiger partial charge is 0.309 e. The summed E-state index contributed by atoms with van der Waals surface area (Å²) in [7, 11) is 3.07. The van der Waals surface area contributed by atoms with Gasteiger partial charge in [-0.25, -0.2) is 14.2 Å². The molecule has 0 bridgehead atoms. The zero-order valence-corrected chi connectivity index (χ0v) is 17.7. The van der Waals surface area contributed by atoms with Crippen molar-refractivity contribution in [3.8, 4) is 0 Å². The summed E-state index contributed by atoms with van der Waals surface area (Å²) in [4.78, 5) is 29.9. The van der Waals surface area contributed by atoms with Crippen molar-refractivity contribution in [3.63, 3.8) is 0 Å². The van der Waals surface area contributed by atoms with E-state index in [-0.39, 0.29) is 11.4 Å². The van der Waals surface area contributed by atoms with Crippen molar-refractivity contribution in [2.45, 2.75) is 24.4 Å². The third kappa shape index (κ3) is 3.70. The fourth-order valence-electron chi connectivity index (χ4n) is 3.33. The zero-order chi connectivity index (χ0) is 21.4. The van der Waals surface area contributed by atoms with Crippen LogP contribution in [0, 0.1) is 12.7 Å². The lowest BCUT2D eigenvalue weighted by atomic mass is 10.1. The summed E-state index contributed by atoms with van der Waals surface area (Å²) < 4.78 is 17.9. The first-order valence-electron chi connectivity index (χ1n) is 9.44. The van der Waals surface area contributed by atoms with Gasteiger partial charge in [-0.15, -0.1) is 0 Å². The Kier molecular flexibility index (Phi) is 5.34. The molecule has 0 radical (unpaired) electrons. The van der Waals surface area contributed by atoms with Crippen molar-refractivity contribution >= 4 is 22.9 Å². The van der Waals surface area contributed by atoms with Crippen LogP contribution >= 0.6 is 11.8 Å². The van der Waals surface area contributed by atoms with Gasteiger partial charge in [0, 0.05) is 19.8 Å². The number of imidazole rings is 1. The molecule has 2 heterocycles. The summed E-state index contributed by atoms with van der Waals surface area (Å²) in [5.74, 6) is 0.195. The maximum absolute atomic E-state index is 13.5. The van der Waals surface area contributed by atoms with E-state index in [4.69, 9.17) is 0 Å². The quantitative estimate of drug-likeness (QED) is 0.462. The van der Waals surface area contributed by atoms with Crippen molar-refractivity contribution in [2.24, 2.45) is 14.1 Å². The topological polar surface area (TPSA) is 61.8 Å². The second kappa shape index (κ2) is 7.95. The van der Waals surface area contributed by atoms with Gasteiger partial charge in [0.05, 0.1) is 6.54 Å². The van der Waals surface area contributed by atoms with Gasteiger partial charge in [-0.3, -0.25) is 13.9 Å². The highest BCUT2D eigenvalue weighted by Gasteiger charge is 2.19. The first kappa shape index (κ1) is 20.2. The Balaban J connectivity index is 1.84. The number of nitrogens with zero attached hydrogens (tertiary/aromatic N) is 4. The van der Waals surface area contributed by atoms with Gasteiger partial charge in [0.25, 0.3) is 5.56 Å². The molecule has 0 amide bonds. The summed E-state index contributed by atoms with van der Waals surface area (Å²) in [5.41, 5.74) is 2.89. The highest BCUT2D eigenvalue weighted by Crippen LogP contribution is 2.26. The van der Waals surface area contributed by atoms with Gasteiger partial charge < -0.3 is 4.57 Å². The molecular weight excluding hydrogens is 403 g/mol. The van der Waals surface area contributed by atoms with E-state index in [1.807, 2.05) is 41.8 Å². The fourth-order valence-corrected chi connectivity index (χ4v) is 4.27.